The SMILES string of the molecule is CC(C)NC(COCCN)C(=O)C(C)C. The summed E-state index contributed by atoms with van der Waals surface area (Å²) in [5, 5.41) is 3.20. The summed E-state index contributed by atoms with van der Waals surface area (Å²) >= 11 is 0. The van der Waals surface area contributed by atoms with E-state index in [1.807, 2.05) is 27.7 Å². The Kier molecular flexibility index (Phi) is 7.56. The summed E-state index contributed by atoms with van der Waals surface area (Å²) < 4.78 is 5.31. The highest BCUT2D eigenvalue weighted by Crippen LogP contribution is 2.02. The second-order valence-electron chi connectivity index (χ2n) is 4.29. The molecule has 90 valence electrons. The second-order valence-corrected chi connectivity index (χ2v) is 4.29. The molecule has 0 amide bonds. The van der Waals surface area contributed by atoms with Gasteiger partial charge in [-0.05, 0) is 0 Å². The van der Waals surface area contributed by atoms with Crippen LogP contribution in [0.15, 0.2) is 0 Å². The smallest absolute Gasteiger partial charge is 0.154 e. The minimum atomic E-state index is -0.212. The van der Waals surface area contributed by atoms with Crippen molar-refractivity contribution in [2.45, 2.75) is 39.8 Å². The molecule has 0 radical (unpaired) electrons. The third-order valence-corrected chi connectivity index (χ3v) is 1.99. The summed E-state index contributed by atoms with van der Waals surface area (Å²) in [6, 6.07) is 0.0655. The molecule has 1 atom stereocenters. The highest BCUT2D eigenvalue weighted by molar-refractivity contribution is 5.85. The Labute approximate surface area is 92.6 Å². The first kappa shape index (κ1) is 14.6. The molecular formula is C11H24N2O2. The third kappa shape index (κ3) is 6.60. The van der Waals surface area contributed by atoms with Crippen molar-refractivity contribution < 1.29 is 9.53 Å². The van der Waals surface area contributed by atoms with Crippen LogP contribution in [0, 0.1) is 5.92 Å². The fourth-order valence-electron chi connectivity index (χ4n) is 1.30. The van der Waals surface area contributed by atoms with Crippen LogP contribution in [0.2, 0.25) is 0 Å². The number of carbonyl (C=O) groups excluding carboxylic acids is 1. The predicted molar refractivity (Wildman–Crippen MR) is 61.8 cm³/mol. The number of Topliss-reactive ketones (excluding diaryl/α,β-unsaturated/α-hetero) is 1. The molecule has 0 fully saturated rings. The molecule has 0 rings (SSSR count). The molecule has 0 aliphatic carbocycles. The third-order valence-electron chi connectivity index (χ3n) is 1.99. The van der Waals surface area contributed by atoms with E-state index in [-0.39, 0.29) is 23.8 Å². The first-order valence-corrected chi connectivity index (χ1v) is 5.56. The van der Waals surface area contributed by atoms with Crippen molar-refractivity contribution in [3.8, 4) is 0 Å². The monoisotopic (exact) mass is 216 g/mol. The molecule has 1 unspecified atom stereocenters. The molecule has 0 spiro atoms. The van der Waals surface area contributed by atoms with Crippen molar-refractivity contribution in [1.82, 2.24) is 5.32 Å². The normalized spacial score (nSPS) is 13.5. The topological polar surface area (TPSA) is 64.3 Å². The molecule has 0 aromatic rings. The molecule has 0 saturated carbocycles. The van der Waals surface area contributed by atoms with Crippen molar-refractivity contribution in [2.75, 3.05) is 19.8 Å². The van der Waals surface area contributed by atoms with Crippen molar-refractivity contribution >= 4 is 5.78 Å². The van der Waals surface area contributed by atoms with Gasteiger partial charge in [-0.3, -0.25) is 4.79 Å². The average Bonchev–Trinajstić information content (AvgIpc) is 2.14. The van der Waals surface area contributed by atoms with Gasteiger partial charge in [-0.25, -0.2) is 0 Å². The molecule has 3 N–H and O–H groups in total. The molecule has 0 aromatic carbocycles. The van der Waals surface area contributed by atoms with Crippen LogP contribution >= 0.6 is 0 Å². The van der Waals surface area contributed by atoms with Gasteiger partial charge >= 0.3 is 0 Å². The Morgan fingerprint density at radius 1 is 1.33 bits per heavy atom. The van der Waals surface area contributed by atoms with Crippen LogP contribution in [0.25, 0.3) is 0 Å². The van der Waals surface area contributed by atoms with E-state index in [2.05, 4.69) is 5.32 Å². The Bertz CT molecular complexity index is 181. The first-order valence-electron chi connectivity index (χ1n) is 5.56. The van der Waals surface area contributed by atoms with Gasteiger partial charge in [0.25, 0.3) is 0 Å². The largest absolute Gasteiger partial charge is 0.378 e. The minimum absolute atomic E-state index is 0.0303. The van der Waals surface area contributed by atoms with Crippen LogP contribution in [-0.2, 0) is 9.53 Å². The van der Waals surface area contributed by atoms with Gasteiger partial charge in [-0.15, -0.1) is 0 Å². The summed E-state index contributed by atoms with van der Waals surface area (Å²) in [6.45, 7) is 9.24. The molecule has 4 nitrogen and oxygen atoms in total. The van der Waals surface area contributed by atoms with E-state index >= 15 is 0 Å². The number of rotatable bonds is 8. The highest BCUT2D eigenvalue weighted by Gasteiger charge is 2.21. The van der Waals surface area contributed by atoms with E-state index in [4.69, 9.17) is 10.5 Å². The zero-order chi connectivity index (χ0) is 11.8. The molecule has 0 aliphatic heterocycles. The summed E-state index contributed by atoms with van der Waals surface area (Å²) in [6.07, 6.45) is 0. The fourth-order valence-corrected chi connectivity index (χ4v) is 1.30. The number of nitrogens with one attached hydrogen (secondary N) is 1. The number of nitrogens with two attached hydrogens (primary N) is 1. The van der Waals surface area contributed by atoms with Crippen molar-refractivity contribution in [1.29, 1.82) is 0 Å². The van der Waals surface area contributed by atoms with Crippen LogP contribution < -0.4 is 11.1 Å². The van der Waals surface area contributed by atoms with E-state index < -0.39 is 0 Å². The molecular weight excluding hydrogens is 192 g/mol. The number of hydrogen-bond acceptors (Lipinski definition) is 4. The zero-order valence-electron chi connectivity index (χ0n) is 10.2. The second kappa shape index (κ2) is 7.79. The summed E-state index contributed by atoms with van der Waals surface area (Å²) in [5.41, 5.74) is 5.32. The van der Waals surface area contributed by atoms with Gasteiger partial charge in [0.05, 0.1) is 19.3 Å². The van der Waals surface area contributed by atoms with E-state index in [1.165, 1.54) is 0 Å². The van der Waals surface area contributed by atoms with Crippen LogP contribution in [0.1, 0.15) is 27.7 Å². The summed E-state index contributed by atoms with van der Waals surface area (Å²) in [7, 11) is 0. The lowest BCUT2D eigenvalue weighted by atomic mass is 10.0. The molecule has 0 aliphatic rings. The maximum Gasteiger partial charge on any atom is 0.154 e. The molecule has 0 bridgehead atoms. The van der Waals surface area contributed by atoms with E-state index in [0.29, 0.717) is 19.8 Å². The molecule has 0 saturated heterocycles. The van der Waals surface area contributed by atoms with Gasteiger partial charge in [0.1, 0.15) is 0 Å². The highest BCUT2D eigenvalue weighted by atomic mass is 16.5. The van der Waals surface area contributed by atoms with Crippen LogP contribution in [-0.4, -0.2) is 37.6 Å². The molecule has 4 heteroatoms. The Morgan fingerprint density at radius 2 is 1.93 bits per heavy atom. The number of ether oxygens (including phenoxy) is 1. The molecule has 15 heavy (non-hydrogen) atoms. The fraction of sp³-hybridized carbons (Fsp3) is 0.909. The quantitative estimate of drug-likeness (QED) is 0.582. The summed E-state index contributed by atoms with van der Waals surface area (Å²) in [5.74, 6) is 0.225. The maximum atomic E-state index is 11.8. The lowest BCUT2D eigenvalue weighted by molar-refractivity contribution is -0.125. The predicted octanol–water partition coefficient (Wildman–Crippen LogP) is 0.553. The van der Waals surface area contributed by atoms with Crippen LogP contribution in [0.4, 0.5) is 0 Å². The Balaban J connectivity index is 4.11. The molecule has 0 heterocycles. The number of carbonyl (C=O) groups is 1. The van der Waals surface area contributed by atoms with Gasteiger partial charge in [0, 0.05) is 18.5 Å². The van der Waals surface area contributed by atoms with E-state index in [1.54, 1.807) is 0 Å². The van der Waals surface area contributed by atoms with Crippen LogP contribution in [0.5, 0.6) is 0 Å². The Hall–Kier alpha value is -0.450. The molecule has 0 aromatic heterocycles. The number of hydrogen-bond donors (Lipinski definition) is 2. The van der Waals surface area contributed by atoms with Crippen molar-refractivity contribution in [3.05, 3.63) is 0 Å². The number of ketones is 1. The minimum Gasteiger partial charge on any atom is -0.378 e. The lowest BCUT2D eigenvalue weighted by Gasteiger charge is -2.21. The standard InChI is InChI=1S/C11H24N2O2/c1-8(2)11(14)10(13-9(3)4)7-15-6-5-12/h8-10,13H,5-7,12H2,1-4H3. The van der Waals surface area contributed by atoms with Crippen molar-refractivity contribution in [3.63, 3.8) is 0 Å². The average molecular weight is 216 g/mol. The maximum absolute atomic E-state index is 11.8. The van der Waals surface area contributed by atoms with Crippen LogP contribution in [0.3, 0.4) is 0 Å². The lowest BCUT2D eigenvalue weighted by Crippen LogP contribution is -2.46. The summed E-state index contributed by atoms with van der Waals surface area (Å²) in [4.78, 5) is 11.8. The van der Waals surface area contributed by atoms with E-state index in [0.717, 1.165) is 0 Å². The van der Waals surface area contributed by atoms with E-state index in [9.17, 15) is 4.79 Å². The van der Waals surface area contributed by atoms with Gasteiger partial charge in [0.15, 0.2) is 5.78 Å². The van der Waals surface area contributed by atoms with Gasteiger partial charge in [-0.1, -0.05) is 27.7 Å². The Morgan fingerprint density at radius 3 is 2.33 bits per heavy atom. The van der Waals surface area contributed by atoms with Gasteiger partial charge in [-0.2, -0.15) is 0 Å². The van der Waals surface area contributed by atoms with Gasteiger partial charge < -0.3 is 15.8 Å². The van der Waals surface area contributed by atoms with Crippen molar-refractivity contribution in [2.24, 2.45) is 11.7 Å². The first-order chi connectivity index (χ1) is 6.99. The zero-order valence-corrected chi connectivity index (χ0v) is 10.2. The van der Waals surface area contributed by atoms with Gasteiger partial charge in [0.2, 0.25) is 0 Å².